The summed E-state index contributed by atoms with van der Waals surface area (Å²) < 4.78 is 5.38. The molecule has 0 aliphatic carbocycles. The molecule has 0 radical (unpaired) electrons. The summed E-state index contributed by atoms with van der Waals surface area (Å²) in [6.07, 6.45) is 2.54. The van der Waals surface area contributed by atoms with Gasteiger partial charge in [0.05, 0.1) is 7.11 Å². The smallest absolute Gasteiger partial charge is 0.217 e. The maximum Gasteiger partial charge on any atom is 0.217 e. The van der Waals surface area contributed by atoms with E-state index in [0.717, 1.165) is 29.1 Å². The Labute approximate surface area is 131 Å². The first-order valence-electron chi connectivity index (χ1n) is 7.13. The van der Waals surface area contributed by atoms with Crippen LogP contribution in [0.15, 0.2) is 36.5 Å². The fraction of sp³-hybridized carbons (Fsp3) is 0.353. The number of hydrogen-bond acceptors (Lipinski definition) is 3. The normalized spacial score (nSPS) is 12.2. The van der Waals surface area contributed by atoms with Crippen LogP contribution in [0.25, 0.3) is 0 Å². The average molecular weight is 305 g/mol. The fourth-order valence-electron chi connectivity index (χ4n) is 2.42. The fourth-order valence-corrected chi connectivity index (χ4v) is 2.73. The summed E-state index contributed by atoms with van der Waals surface area (Å²) >= 11 is 6.36. The Morgan fingerprint density at radius 2 is 2.14 bits per heavy atom. The number of aryl methyl sites for hydroxylation is 1. The lowest BCUT2D eigenvalue weighted by Gasteiger charge is -2.20. The summed E-state index contributed by atoms with van der Waals surface area (Å²) in [5, 5.41) is 4.29. The van der Waals surface area contributed by atoms with E-state index in [1.165, 1.54) is 5.56 Å². The zero-order valence-electron chi connectivity index (χ0n) is 12.7. The SMILES string of the molecule is CCNC(Cc1ccc(C)cc1Cl)c1cccnc1OC. The highest BCUT2D eigenvalue weighted by Crippen LogP contribution is 2.28. The van der Waals surface area contributed by atoms with Crippen molar-refractivity contribution in [1.29, 1.82) is 0 Å². The number of methoxy groups -OCH3 is 1. The maximum atomic E-state index is 6.36. The first-order valence-corrected chi connectivity index (χ1v) is 7.50. The van der Waals surface area contributed by atoms with Crippen molar-refractivity contribution in [3.05, 3.63) is 58.2 Å². The van der Waals surface area contributed by atoms with Gasteiger partial charge < -0.3 is 10.1 Å². The zero-order chi connectivity index (χ0) is 15.2. The molecule has 0 aliphatic rings. The predicted octanol–water partition coefficient (Wildman–Crippen LogP) is 3.95. The first kappa shape index (κ1) is 15.8. The van der Waals surface area contributed by atoms with Crippen LogP contribution in [0.1, 0.15) is 29.7 Å². The Morgan fingerprint density at radius 1 is 1.33 bits per heavy atom. The second-order valence-corrected chi connectivity index (χ2v) is 5.42. The van der Waals surface area contributed by atoms with Crippen molar-refractivity contribution in [2.24, 2.45) is 0 Å². The molecule has 1 aromatic heterocycles. The molecule has 4 heteroatoms. The number of ether oxygens (including phenoxy) is 1. The van der Waals surface area contributed by atoms with Crippen LogP contribution in [-0.2, 0) is 6.42 Å². The standard InChI is InChI=1S/C17H21ClN2O/c1-4-19-16(14-6-5-9-20-17(14)21-3)11-13-8-7-12(2)10-15(13)18/h5-10,16,19H,4,11H2,1-3H3. The molecule has 1 N–H and O–H groups in total. The highest BCUT2D eigenvalue weighted by atomic mass is 35.5. The van der Waals surface area contributed by atoms with Gasteiger partial charge in [0.2, 0.25) is 5.88 Å². The van der Waals surface area contributed by atoms with Crippen LogP contribution in [0.2, 0.25) is 5.02 Å². The van der Waals surface area contributed by atoms with Gasteiger partial charge in [-0.2, -0.15) is 0 Å². The topological polar surface area (TPSA) is 34.2 Å². The van der Waals surface area contributed by atoms with E-state index in [9.17, 15) is 0 Å². The lowest BCUT2D eigenvalue weighted by atomic mass is 9.98. The van der Waals surface area contributed by atoms with Gasteiger partial charge in [0.1, 0.15) is 0 Å². The van der Waals surface area contributed by atoms with E-state index < -0.39 is 0 Å². The van der Waals surface area contributed by atoms with Crippen LogP contribution < -0.4 is 10.1 Å². The Kier molecular flexibility index (Phi) is 5.59. The molecule has 2 aromatic rings. The highest BCUT2D eigenvalue weighted by molar-refractivity contribution is 6.31. The molecule has 0 amide bonds. The van der Waals surface area contributed by atoms with Gasteiger partial charge in [-0.05, 0) is 43.1 Å². The molecule has 0 saturated heterocycles. The first-order chi connectivity index (χ1) is 10.2. The van der Waals surface area contributed by atoms with Crippen molar-refractivity contribution in [3.63, 3.8) is 0 Å². The monoisotopic (exact) mass is 304 g/mol. The summed E-state index contributed by atoms with van der Waals surface area (Å²) in [4.78, 5) is 4.28. The number of pyridine rings is 1. The number of nitrogens with zero attached hydrogens (tertiary/aromatic N) is 1. The molecule has 0 saturated carbocycles. The third kappa shape index (κ3) is 3.96. The molecule has 2 rings (SSSR count). The van der Waals surface area contributed by atoms with Crippen LogP contribution in [0.3, 0.4) is 0 Å². The average Bonchev–Trinajstić information content (AvgIpc) is 2.49. The number of rotatable bonds is 6. The Bertz CT molecular complexity index is 601. The minimum atomic E-state index is 0.124. The molecule has 112 valence electrons. The van der Waals surface area contributed by atoms with E-state index in [0.29, 0.717) is 5.88 Å². The molecule has 21 heavy (non-hydrogen) atoms. The molecule has 1 unspecified atom stereocenters. The molecule has 1 atom stereocenters. The Balaban J connectivity index is 2.30. The lowest BCUT2D eigenvalue weighted by Crippen LogP contribution is -2.23. The number of nitrogens with one attached hydrogen (secondary N) is 1. The molecule has 0 fully saturated rings. The summed E-state index contributed by atoms with van der Waals surface area (Å²) in [7, 11) is 1.65. The summed E-state index contributed by atoms with van der Waals surface area (Å²) in [5.74, 6) is 0.659. The highest BCUT2D eigenvalue weighted by Gasteiger charge is 2.17. The second-order valence-electron chi connectivity index (χ2n) is 5.01. The number of hydrogen-bond donors (Lipinski definition) is 1. The third-order valence-electron chi connectivity index (χ3n) is 3.45. The van der Waals surface area contributed by atoms with Gasteiger partial charge in [0.15, 0.2) is 0 Å². The molecule has 0 aliphatic heterocycles. The van der Waals surface area contributed by atoms with Gasteiger partial charge in [0, 0.05) is 22.8 Å². The number of aromatic nitrogens is 1. The van der Waals surface area contributed by atoms with Crippen LogP contribution in [0, 0.1) is 6.92 Å². The van der Waals surface area contributed by atoms with Crippen LogP contribution in [0.5, 0.6) is 5.88 Å². The molecule has 0 bridgehead atoms. The van der Waals surface area contributed by atoms with Crippen LogP contribution in [0.4, 0.5) is 0 Å². The summed E-state index contributed by atoms with van der Waals surface area (Å²) in [6.45, 7) is 5.00. The van der Waals surface area contributed by atoms with E-state index in [2.05, 4.69) is 29.4 Å². The van der Waals surface area contributed by atoms with Gasteiger partial charge in [-0.25, -0.2) is 4.98 Å². The van der Waals surface area contributed by atoms with Gasteiger partial charge in [-0.15, -0.1) is 0 Å². The Hall–Kier alpha value is -1.58. The van der Waals surface area contributed by atoms with Crippen LogP contribution >= 0.6 is 11.6 Å². The predicted molar refractivity (Wildman–Crippen MR) is 87.1 cm³/mol. The van der Waals surface area contributed by atoms with Gasteiger partial charge in [-0.3, -0.25) is 0 Å². The van der Waals surface area contributed by atoms with Crippen molar-refractivity contribution in [2.75, 3.05) is 13.7 Å². The quantitative estimate of drug-likeness (QED) is 0.877. The molecular weight excluding hydrogens is 284 g/mol. The zero-order valence-corrected chi connectivity index (χ0v) is 13.4. The number of benzene rings is 1. The van der Waals surface area contributed by atoms with E-state index >= 15 is 0 Å². The van der Waals surface area contributed by atoms with Gasteiger partial charge >= 0.3 is 0 Å². The minimum Gasteiger partial charge on any atom is -0.481 e. The van der Waals surface area contributed by atoms with Crippen LogP contribution in [-0.4, -0.2) is 18.6 Å². The van der Waals surface area contributed by atoms with E-state index in [1.807, 2.05) is 25.1 Å². The third-order valence-corrected chi connectivity index (χ3v) is 3.80. The molecule has 3 nitrogen and oxygen atoms in total. The molecule has 0 spiro atoms. The largest absolute Gasteiger partial charge is 0.481 e. The minimum absolute atomic E-state index is 0.124. The van der Waals surface area contributed by atoms with Crippen molar-refractivity contribution < 1.29 is 4.74 Å². The van der Waals surface area contributed by atoms with E-state index in [4.69, 9.17) is 16.3 Å². The Morgan fingerprint density at radius 3 is 2.81 bits per heavy atom. The van der Waals surface area contributed by atoms with Crippen molar-refractivity contribution in [3.8, 4) is 5.88 Å². The maximum absolute atomic E-state index is 6.36. The molecule has 1 heterocycles. The lowest BCUT2D eigenvalue weighted by molar-refractivity contribution is 0.382. The van der Waals surface area contributed by atoms with Gasteiger partial charge in [-0.1, -0.05) is 36.7 Å². The van der Waals surface area contributed by atoms with Crippen molar-refractivity contribution in [1.82, 2.24) is 10.3 Å². The van der Waals surface area contributed by atoms with Crippen molar-refractivity contribution >= 4 is 11.6 Å². The summed E-state index contributed by atoms with van der Waals surface area (Å²) in [6, 6.07) is 10.3. The number of halogens is 1. The van der Waals surface area contributed by atoms with E-state index in [1.54, 1.807) is 13.3 Å². The second kappa shape index (κ2) is 7.43. The molecule has 1 aromatic carbocycles. The molecular formula is C17H21ClN2O. The summed E-state index contributed by atoms with van der Waals surface area (Å²) in [5.41, 5.74) is 3.35. The number of likely N-dealkylation sites (N-methyl/N-ethyl adjacent to an activating group) is 1. The van der Waals surface area contributed by atoms with E-state index in [-0.39, 0.29) is 6.04 Å². The van der Waals surface area contributed by atoms with Crippen molar-refractivity contribution in [2.45, 2.75) is 26.3 Å². The van der Waals surface area contributed by atoms with Gasteiger partial charge in [0.25, 0.3) is 0 Å².